The summed E-state index contributed by atoms with van der Waals surface area (Å²) in [5.41, 5.74) is 4.68. The van der Waals surface area contributed by atoms with Gasteiger partial charge in [0.2, 0.25) is 0 Å². The van der Waals surface area contributed by atoms with Gasteiger partial charge in [0.1, 0.15) is 0 Å². The second-order valence-corrected chi connectivity index (χ2v) is 0.932. The number of rotatable bonds is 0. The van der Waals surface area contributed by atoms with E-state index in [2.05, 4.69) is 29.3 Å². The van der Waals surface area contributed by atoms with Crippen molar-refractivity contribution in [2.75, 3.05) is 0 Å². The van der Waals surface area contributed by atoms with Crippen LogP contribution in [-0.2, 0) is 0 Å². The second kappa shape index (κ2) is 8.91. The monoisotopic (exact) mass is 128 g/mol. The van der Waals surface area contributed by atoms with Gasteiger partial charge in [-0.05, 0) is 11.8 Å². The van der Waals surface area contributed by atoms with Crippen molar-refractivity contribution in [3.8, 4) is 0 Å². The van der Waals surface area contributed by atoms with Crippen molar-refractivity contribution in [1.29, 1.82) is 0 Å². The predicted molar refractivity (Wildman–Crippen MR) is 29.2 cm³/mol. The molecule has 0 aliphatic rings. The predicted octanol–water partition coefficient (Wildman–Crippen LogP) is 0.754. The third kappa shape index (κ3) is 6050. The van der Waals surface area contributed by atoms with Gasteiger partial charge in [0.25, 0.3) is 0 Å². The summed E-state index contributed by atoms with van der Waals surface area (Å²) in [4.78, 5) is 0. The quantitative estimate of drug-likeness (QED) is 0.374. The van der Waals surface area contributed by atoms with Gasteiger partial charge >= 0.3 is 0 Å². The van der Waals surface area contributed by atoms with E-state index in [1.54, 1.807) is 0 Å². The molecule has 0 heterocycles. The third-order valence-electron chi connectivity index (χ3n) is 0. The normalized spacial score (nSPS) is 5.17. The van der Waals surface area contributed by atoms with Gasteiger partial charge in [0.15, 0.2) is 0 Å². The van der Waals surface area contributed by atoms with Crippen LogP contribution < -0.4 is 11.0 Å². The molecule has 0 saturated heterocycles. The molecule has 0 atom stereocenters. The first-order chi connectivity index (χ1) is 2.73. The maximum atomic E-state index is 4.86. The number of halogens is 2. The Hall–Kier alpha value is 0.0800. The number of hydrogen-bond acceptors (Lipinski definition) is 2. The summed E-state index contributed by atoms with van der Waals surface area (Å²) >= 11 is 9.00. The molecular formula is C2H6Cl2N2. The van der Waals surface area contributed by atoms with E-state index in [1.807, 2.05) is 0 Å². The summed E-state index contributed by atoms with van der Waals surface area (Å²) in [5, 5.41) is 4.11. The van der Waals surface area contributed by atoms with Crippen molar-refractivity contribution in [3.05, 3.63) is 11.7 Å². The van der Waals surface area contributed by atoms with Crippen LogP contribution in [0, 0.1) is 0 Å². The second-order valence-electron chi connectivity index (χ2n) is 0.447. The molecule has 6 heavy (non-hydrogen) atoms. The van der Waals surface area contributed by atoms with E-state index in [4.69, 9.17) is 11.6 Å². The maximum Gasteiger partial charge on any atom is 0.0918 e. The van der Waals surface area contributed by atoms with Gasteiger partial charge in [0.05, 0.1) is 5.16 Å². The molecular weight excluding hydrogens is 123 g/mol. The van der Waals surface area contributed by atoms with Crippen LogP contribution in [0.5, 0.6) is 0 Å². The lowest BCUT2D eigenvalue weighted by Crippen LogP contribution is -1.79. The summed E-state index contributed by atoms with van der Waals surface area (Å²) < 4.78 is 0. The summed E-state index contributed by atoms with van der Waals surface area (Å²) in [6.45, 7) is 3.10. The third-order valence-corrected chi connectivity index (χ3v) is 0. The molecule has 0 bridgehead atoms. The zero-order valence-electron chi connectivity index (χ0n) is 3.12. The molecule has 38 valence electrons. The van der Waals surface area contributed by atoms with Crippen LogP contribution in [0.4, 0.5) is 0 Å². The Balaban J connectivity index is 0. The summed E-state index contributed by atoms with van der Waals surface area (Å²) in [7, 11) is 0. The molecule has 0 rings (SSSR count). The first-order valence-electron chi connectivity index (χ1n) is 1.05. The molecule has 0 aliphatic heterocycles. The van der Waals surface area contributed by atoms with Gasteiger partial charge in [-0.1, -0.05) is 18.2 Å². The molecule has 0 spiro atoms. The van der Waals surface area contributed by atoms with Crippen LogP contribution in [-0.4, -0.2) is 0 Å². The maximum absolute atomic E-state index is 4.86. The van der Waals surface area contributed by atoms with Gasteiger partial charge in [-0.25, -0.2) is 5.25 Å². The van der Waals surface area contributed by atoms with E-state index in [-0.39, 0.29) is 5.16 Å². The highest BCUT2D eigenvalue weighted by atomic mass is 35.5. The highest BCUT2D eigenvalue weighted by Crippen LogP contribution is 1.76. The Labute approximate surface area is 46.8 Å². The van der Waals surface area contributed by atoms with Crippen LogP contribution in [0.3, 0.4) is 0 Å². The molecule has 0 aromatic rings. The Bertz CT molecular complexity index is 32.5. The highest BCUT2D eigenvalue weighted by molar-refractivity contribution is 6.28. The van der Waals surface area contributed by atoms with Crippen LogP contribution in [0.1, 0.15) is 0 Å². The zero-order chi connectivity index (χ0) is 5.58. The average Bonchev–Trinajstić information content (AvgIpc) is 1.41. The summed E-state index contributed by atoms with van der Waals surface area (Å²) in [6.07, 6.45) is 0. The minimum absolute atomic E-state index is 0.139. The standard InChI is InChI=1S/C2H4ClN.ClH2N/c1-2(3)4;1-2/h1,4H2;2H2. The molecule has 2 nitrogen and oxygen atoms in total. The fraction of sp³-hybridized carbons (Fsp3) is 0. The molecule has 0 saturated carbocycles. The van der Waals surface area contributed by atoms with Gasteiger partial charge in [-0.2, -0.15) is 0 Å². The first kappa shape index (κ1) is 9.43. The van der Waals surface area contributed by atoms with Gasteiger partial charge in [-0.15, -0.1) is 0 Å². The van der Waals surface area contributed by atoms with Crippen molar-refractivity contribution >= 4 is 23.4 Å². The summed E-state index contributed by atoms with van der Waals surface area (Å²) in [5.74, 6) is 0. The Morgan fingerprint density at radius 3 is 1.50 bits per heavy atom. The zero-order valence-corrected chi connectivity index (χ0v) is 4.63. The van der Waals surface area contributed by atoms with Crippen LogP contribution in [0.2, 0.25) is 0 Å². The molecule has 0 fully saturated rings. The van der Waals surface area contributed by atoms with Crippen molar-refractivity contribution in [1.82, 2.24) is 0 Å². The minimum atomic E-state index is 0.139. The number of hydrogen-bond donors (Lipinski definition) is 2. The van der Waals surface area contributed by atoms with E-state index in [9.17, 15) is 0 Å². The van der Waals surface area contributed by atoms with E-state index in [0.717, 1.165) is 0 Å². The van der Waals surface area contributed by atoms with Crippen molar-refractivity contribution in [2.45, 2.75) is 0 Å². The van der Waals surface area contributed by atoms with Crippen molar-refractivity contribution in [2.24, 2.45) is 11.0 Å². The molecule has 0 aromatic heterocycles. The van der Waals surface area contributed by atoms with E-state index in [0.29, 0.717) is 0 Å². The Morgan fingerprint density at radius 2 is 1.50 bits per heavy atom. The average molecular weight is 129 g/mol. The Kier molecular flexibility index (Phi) is 14.0. The lowest BCUT2D eigenvalue weighted by atomic mass is 11.1. The van der Waals surface area contributed by atoms with Crippen molar-refractivity contribution in [3.63, 3.8) is 0 Å². The first-order valence-corrected chi connectivity index (χ1v) is 1.86. The van der Waals surface area contributed by atoms with E-state index < -0.39 is 0 Å². The van der Waals surface area contributed by atoms with Gasteiger partial charge < -0.3 is 5.73 Å². The number of nitrogens with two attached hydrogens (primary N) is 2. The highest BCUT2D eigenvalue weighted by Gasteiger charge is 1.54. The molecule has 0 amide bonds. The molecule has 4 N–H and O–H groups in total. The van der Waals surface area contributed by atoms with Gasteiger partial charge in [-0.3, -0.25) is 0 Å². The largest absolute Gasteiger partial charge is 0.390 e. The topological polar surface area (TPSA) is 52.0 Å². The lowest BCUT2D eigenvalue weighted by Gasteiger charge is -1.65. The smallest absolute Gasteiger partial charge is 0.0918 e. The molecule has 0 unspecified atom stereocenters. The minimum Gasteiger partial charge on any atom is -0.390 e. The SMILES string of the molecule is C=C(N)Cl.NCl. The fourth-order valence-corrected chi connectivity index (χ4v) is 0. The Morgan fingerprint density at radius 1 is 1.50 bits per heavy atom. The van der Waals surface area contributed by atoms with E-state index >= 15 is 0 Å². The molecule has 0 radical (unpaired) electrons. The summed E-state index contributed by atoms with van der Waals surface area (Å²) in [6, 6.07) is 0. The fourth-order valence-electron chi connectivity index (χ4n) is 0. The molecule has 0 aromatic carbocycles. The van der Waals surface area contributed by atoms with Crippen molar-refractivity contribution < 1.29 is 0 Å². The van der Waals surface area contributed by atoms with E-state index in [1.165, 1.54) is 0 Å². The molecule has 4 heteroatoms. The van der Waals surface area contributed by atoms with Crippen LogP contribution in [0.25, 0.3) is 0 Å². The van der Waals surface area contributed by atoms with Crippen LogP contribution in [0.15, 0.2) is 11.7 Å². The van der Waals surface area contributed by atoms with Crippen LogP contribution >= 0.6 is 23.4 Å². The molecule has 0 aliphatic carbocycles. The van der Waals surface area contributed by atoms with Gasteiger partial charge in [0, 0.05) is 0 Å². The lowest BCUT2D eigenvalue weighted by molar-refractivity contribution is 1.57.